The van der Waals surface area contributed by atoms with Crippen LogP contribution < -0.4 is 5.32 Å². The van der Waals surface area contributed by atoms with Crippen LogP contribution in [0, 0.1) is 12.7 Å². The second kappa shape index (κ2) is 9.91. The number of aromatic nitrogens is 2. The van der Waals surface area contributed by atoms with Crippen molar-refractivity contribution >= 4 is 46.7 Å². The van der Waals surface area contributed by atoms with Crippen LogP contribution in [0.2, 0.25) is 5.02 Å². The first-order valence-corrected chi connectivity index (χ1v) is 10.7. The van der Waals surface area contributed by atoms with Crippen molar-refractivity contribution in [2.75, 3.05) is 11.1 Å². The first kappa shape index (κ1) is 20.6. The molecule has 0 saturated heterocycles. The highest BCUT2D eigenvalue weighted by molar-refractivity contribution is 8.00. The van der Waals surface area contributed by atoms with E-state index < -0.39 is 0 Å². The predicted octanol–water partition coefficient (Wildman–Crippen LogP) is 5.60. The predicted molar refractivity (Wildman–Crippen MR) is 114 cm³/mol. The van der Waals surface area contributed by atoms with Gasteiger partial charge in [0, 0.05) is 22.2 Å². The lowest BCUT2D eigenvalue weighted by Crippen LogP contribution is -2.14. The minimum Gasteiger partial charge on any atom is -0.325 e. The van der Waals surface area contributed by atoms with Gasteiger partial charge in [0.2, 0.25) is 5.91 Å². The molecule has 2 aromatic carbocycles. The molecule has 1 amide bonds. The summed E-state index contributed by atoms with van der Waals surface area (Å²) < 4.78 is 12.9. The van der Waals surface area contributed by atoms with Crippen LogP contribution in [-0.4, -0.2) is 21.6 Å². The largest absolute Gasteiger partial charge is 0.325 e. The van der Waals surface area contributed by atoms with Gasteiger partial charge < -0.3 is 5.32 Å². The van der Waals surface area contributed by atoms with Crippen LogP contribution in [0.3, 0.4) is 0 Å². The van der Waals surface area contributed by atoms with Crippen LogP contribution in [-0.2, 0) is 10.5 Å². The Hall–Kier alpha value is -2.09. The molecule has 0 spiro atoms. The average molecular weight is 434 g/mol. The van der Waals surface area contributed by atoms with Crippen LogP contribution in [0.4, 0.5) is 10.1 Å². The van der Waals surface area contributed by atoms with E-state index in [0.717, 1.165) is 21.3 Å². The summed E-state index contributed by atoms with van der Waals surface area (Å²) in [4.78, 5) is 21.1. The SMILES string of the molecule is Cc1cc(SCC(=O)Nc2ccc(F)cc2)nc(SCc2ccccc2Cl)n1. The number of halogens is 2. The molecule has 0 aliphatic rings. The van der Waals surface area contributed by atoms with E-state index in [0.29, 0.717) is 16.6 Å². The van der Waals surface area contributed by atoms with Crippen LogP contribution in [0.1, 0.15) is 11.3 Å². The van der Waals surface area contributed by atoms with E-state index in [4.69, 9.17) is 11.6 Å². The minimum atomic E-state index is -0.342. The molecule has 8 heteroatoms. The van der Waals surface area contributed by atoms with E-state index in [1.807, 2.05) is 37.3 Å². The van der Waals surface area contributed by atoms with E-state index >= 15 is 0 Å². The van der Waals surface area contributed by atoms with Crippen molar-refractivity contribution in [1.29, 1.82) is 0 Å². The van der Waals surface area contributed by atoms with Gasteiger partial charge in [-0.3, -0.25) is 4.79 Å². The van der Waals surface area contributed by atoms with Gasteiger partial charge in [-0.05, 0) is 48.9 Å². The van der Waals surface area contributed by atoms with Gasteiger partial charge in [0.25, 0.3) is 0 Å². The lowest BCUT2D eigenvalue weighted by Gasteiger charge is -2.07. The van der Waals surface area contributed by atoms with Gasteiger partial charge in [-0.1, -0.05) is 53.3 Å². The molecule has 28 heavy (non-hydrogen) atoms. The van der Waals surface area contributed by atoms with Crippen molar-refractivity contribution in [1.82, 2.24) is 9.97 Å². The van der Waals surface area contributed by atoms with Gasteiger partial charge in [0.1, 0.15) is 10.8 Å². The van der Waals surface area contributed by atoms with Crippen LogP contribution in [0.5, 0.6) is 0 Å². The van der Waals surface area contributed by atoms with Crippen molar-refractivity contribution in [2.45, 2.75) is 22.9 Å². The molecule has 4 nitrogen and oxygen atoms in total. The summed E-state index contributed by atoms with van der Waals surface area (Å²) >= 11 is 9.01. The number of rotatable bonds is 7. The summed E-state index contributed by atoms with van der Waals surface area (Å²) in [5.74, 6) is 0.338. The number of nitrogens with zero attached hydrogens (tertiary/aromatic N) is 2. The molecule has 0 radical (unpaired) electrons. The highest BCUT2D eigenvalue weighted by atomic mass is 35.5. The van der Waals surface area contributed by atoms with Crippen LogP contribution in [0.15, 0.2) is 64.8 Å². The number of thioether (sulfide) groups is 2. The average Bonchev–Trinajstić information content (AvgIpc) is 2.67. The Balaban J connectivity index is 1.57. The highest BCUT2D eigenvalue weighted by Gasteiger charge is 2.09. The maximum Gasteiger partial charge on any atom is 0.234 e. The number of anilines is 1. The fourth-order valence-corrected chi connectivity index (χ4v) is 4.28. The number of carbonyl (C=O) groups excluding carboxylic acids is 1. The van der Waals surface area contributed by atoms with Gasteiger partial charge in [-0.25, -0.2) is 14.4 Å². The highest BCUT2D eigenvalue weighted by Crippen LogP contribution is 2.26. The molecule has 3 aromatic rings. The summed E-state index contributed by atoms with van der Waals surface area (Å²) in [5.41, 5.74) is 2.41. The third-order valence-corrected chi connectivity index (χ3v) is 5.78. The van der Waals surface area contributed by atoms with Gasteiger partial charge in [0.15, 0.2) is 5.16 Å². The lowest BCUT2D eigenvalue weighted by atomic mass is 10.2. The summed E-state index contributed by atoms with van der Waals surface area (Å²) in [6.07, 6.45) is 0. The Kier molecular flexibility index (Phi) is 7.30. The number of amides is 1. The number of hydrogen-bond acceptors (Lipinski definition) is 5. The van der Waals surface area contributed by atoms with E-state index in [1.54, 1.807) is 0 Å². The second-order valence-electron chi connectivity index (χ2n) is 5.85. The zero-order valence-electron chi connectivity index (χ0n) is 15.0. The van der Waals surface area contributed by atoms with Crippen molar-refractivity contribution in [2.24, 2.45) is 0 Å². The second-order valence-corrected chi connectivity index (χ2v) is 8.20. The first-order chi connectivity index (χ1) is 13.5. The third kappa shape index (κ3) is 6.22. The van der Waals surface area contributed by atoms with Gasteiger partial charge in [0.05, 0.1) is 5.75 Å². The molecule has 0 aliphatic heterocycles. The Labute approximate surface area is 176 Å². The summed E-state index contributed by atoms with van der Waals surface area (Å²) in [6, 6.07) is 15.2. The normalized spacial score (nSPS) is 10.7. The molecular weight excluding hydrogens is 417 g/mol. The maximum absolute atomic E-state index is 12.9. The summed E-state index contributed by atoms with van der Waals surface area (Å²) in [5, 5.41) is 4.81. The number of hydrogen-bond donors (Lipinski definition) is 1. The molecule has 1 N–H and O–H groups in total. The molecule has 0 aliphatic carbocycles. The maximum atomic E-state index is 12.9. The molecule has 0 bridgehead atoms. The Morgan fingerprint density at radius 2 is 1.86 bits per heavy atom. The van der Waals surface area contributed by atoms with Crippen LogP contribution in [0.25, 0.3) is 0 Å². The lowest BCUT2D eigenvalue weighted by molar-refractivity contribution is -0.113. The fraction of sp³-hybridized carbons (Fsp3) is 0.150. The molecule has 0 unspecified atom stereocenters. The number of carbonyl (C=O) groups is 1. The number of nitrogens with one attached hydrogen (secondary N) is 1. The fourth-order valence-electron chi connectivity index (χ4n) is 2.28. The Morgan fingerprint density at radius 3 is 2.61 bits per heavy atom. The Morgan fingerprint density at radius 1 is 1.11 bits per heavy atom. The van der Waals surface area contributed by atoms with Crippen molar-refractivity contribution in [3.05, 3.63) is 76.7 Å². The molecule has 0 fully saturated rings. The third-order valence-electron chi connectivity index (χ3n) is 3.60. The zero-order valence-corrected chi connectivity index (χ0v) is 17.4. The number of benzene rings is 2. The summed E-state index contributed by atoms with van der Waals surface area (Å²) in [7, 11) is 0. The van der Waals surface area contributed by atoms with E-state index in [9.17, 15) is 9.18 Å². The van der Waals surface area contributed by atoms with Gasteiger partial charge >= 0.3 is 0 Å². The van der Waals surface area contributed by atoms with Crippen molar-refractivity contribution < 1.29 is 9.18 Å². The molecule has 144 valence electrons. The molecule has 0 saturated carbocycles. The molecule has 0 atom stereocenters. The monoisotopic (exact) mass is 433 g/mol. The molecule has 1 heterocycles. The van der Waals surface area contributed by atoms with E-state index in [2.05, 4.69) is 15.3 Å². The topological polar surface area (TPSA) is 54.9 Å². The summed E-state index contributed by atoms with van der Waals surface area (Å²) in [6.45, 7) is 1.89. The molecule has 1 aromatic heterocycles. The van der Waals surface area contributed by atoms with Crippen molar-refractivity contribution in [3.63, 3.8) is 0 Å². The quantitative estimate of drug-likeness (QED) is 0.298. The van der Waals surface area contributed by atoms with Crippen molar-refractivity contribution in [3.8, 4) is 0 Å². The molecule has 3 rings (SSSR count). The minimum absolute atomic E-state index is 0.182. The van der Waals surface area contributed by atoms with Gasteiger partial charge in [-0.2, -0.15) is 0 Å². The molecular formula is C20H17ClFN3OS2. The van der Waals surface area contributed by atoms with Gasteiger partial charge in [-0.15, -0.1) is 0 Å². The van der Waals surface area contributed by atoms with E-state index in [1.165, 1.54) is 47.8 Å². The number of aryl methyl sites for hydroxylation is 1. The van der Waals surface area contributed by atoms with Crippen LogP contribution >= 0.6 is 35.1 Å². The van der Waals surface area contributed by atoms with E-state index in [-0.39, 0.29) is 17.5 Å². The standard InChI is InChI=1S/C20H17ClFN3OS2/c1-13-10-19(27-12-18(26)24-16-8-6-15(22)7-9-16)25-20(23-13)28-11-14-4-2-3-5-17(14)21/h2-10H,11-12H2,1H3,(H,24,26). The first-order valence-electron chi connectivity index (χ1n) is 8.40. The zero-order chi connectivity index (χ0) is 19.9. The smallest absolute Gasteiger partial charge is 0.234 e. The Bertz CT molecular complexity index is 970.